The number of ether oxygens (including phenoxy) is 1. The molecule has 4 N–H and O–H groups in total. The summed E-state index contributed by atoms with van der Waals surface area (Å²) in [5, 5.41) is 17.4. The normalized spacial score (nSPS) is 13.2. The summed E-state index contributed by atoms with van der Waals surface area (Å²) in [4.78, 5) is 0. The van der Waals surface area contributed by atoms with Gasteiger partial charge in [0, 0.05) is 18.1 Å². The van der Waals surface area contributed by atoms with E-state index in [2.05, 4.69) is 0 Å². The Morgan fingerprint density at radius 3 is 2.75 bits per heavy atom. The van der Waals surface area contributed by atoms with E-state index in [0.717, 1.165) is 5.75 Å². The Hall–Kier alpha value is 0.190. The zero-order valence-corrected chi connectivity index (χ0v) is 7.92. The summed E-state index contributed by atoms with van der Waals surface area (Å²) in [5.41, 5.74) is 5.21. The van der Waals surface area contributed by atoms with Gasteiger partial charge in [-0.05, 0) is 0 Å². The lowest BCUT2D eigenvalue weighted by Gasteiger charge is -2.06. The van der Waals surface area contributed by atoms with Crippen LogP contribution in [0.25, 0.3) is 0 Å². The molecule has 0 aromatic heterocycles. The lowest BCUT2D eigenvalue weighted by molar-refractivity contribution is 0.113. The predicted octanol–water partition coefficient (Wildman–Crippen LogP) is -0.952. The summed E-state index contributed by atoms with van der Waals surface area (Å²) in [6.45, 7) is 1.61. The van der Waals surface area contributed by atoms with E-state index in [9.17, 15) is 0 Å². The molecule has 4 nitrogen and oxygen atoms in total. The first-order valence-corrected chi connectivity index (χ1v) is 5.11. The minimum atomic E-state index is -0.607. The van der Waals surface area contributed by atoms with Gasteiger partial charge in [0.2, 0.25) is 0 Å². The summed E-state index contributed by atoms with van der Waals surface area (Å²) in [7, 11) is 0. The summed E-state index contributed by atoms with van der Waals surface area (Å²) >= 11 is 1.56. The van der Waals surface area contributed by atoms with Gasteiger partial charge in [-0.15, -0.1) is 0 Å². The van der Waals surface area contributed by atoms with Crippen LogP contribution < -0.4 is 5.73 Å². The van der Waals surface area contributed by atoms with Gasteiger partial charge in [-0.3, -0.25) is 0 Å². The molecule has 1 unspecified atom stereocenters. The predicted molar refractivity (Wildman–Crippen MR) is 50.3 cm³/mol. The van der Waals surface area contributed by atoms with Crippen molar-refractivity contribution in [1.82, 2.24) is 0 Å². The van der Waals surface area contributed by atoms with E-state index in [1.807, 2.05) is 0 Å². The van der Waals surface area contributed by atoms with Crippen molar-refractivity contribution in [1.29, 1.82) is 0 Å². The fraction of sp³-hybridized carbons (Fsp3) is 1.00. The third kappa shape index (κ3) is 8.29. The van der Waals surface area contributed by atoms with Gasteiger partial charge in [0.15, 0.2) is 0 Å². The van der Waals surface area contributed by atoms with Crippen LogP contribution in [0.1, 0.15) is 0 Å². The van der Waals surface area contributed by atoms with E-state index in [1.54, 1.807) is 11.8 Å². The Morgan fingerprint density at radius 1 is 1.42 bits per heavy atom. The maximum atomic E-state index is 8.93. The van der Waals surface area contributed by atoms with Crippen molar-refractivity contribution in [2.75, 3.05) is 37.9 Å². The smallest absolute Gasteiger partial charge is 0.0861 e. The van der Waals surface area contributed by atoms with Crippen molar-refractivity contribution in [2.24, 2.45) is 5.73 Å². The maximum Gasteiger partial charge on any atom is 0.0861 e. The van der Waals surface area contributed by atoms with Crippen LogP contribution in [0, 0.1) is 0 Å². The van der Waals surface area contributed by atoms with E-state index in [-0.39, 0.29) is 6.61 Å². The van der Waals surface area contributed by atoms with Crippen LogP contribution in [-0.2, 0) is 4.74 Å². The SMILES string of the molecule is NCCOCCSCC(O)CO. The Kier molecular flexibility index (Phi) is 9.43. The first kappa shape index (κ1) is 12.2. The first-order chi connectivity index (χ1) is 5.81. The molecule has 12 heavy (non-hydrogen) atoms. The molecule has 0 rings (SSSR count). The largest absolute Gasteiger partial charge is 0.394 e. The zero-order valence-electron chi connectivity index (χ0n) is 7.11. The van der Waals surface area contributed by atoms with E-state index in [1.165, 1.54) is 0 Å². The fourth-order valence-electron chi connectivity index (χ4n) is 0.575. The van der Waals surface area contributed by atoms with Crippen molar-refractivity contribution in [3.63, 3.8) is 0 Å². The van der Waals surface area contributed by atoms with Gasteiger partial charge in [-0.1, -0.05) is 0 Å². The molecule has 0 heterocycles. The van der Waals surface area contributed by atoms with Crippen LogP contribution in [-0.4, -0.2) is 54.2 Å². The topological polar surface area (TPSA) is 75.7 Å². The number of thioether (sulfide) groups is 1. The van der Waals surface area contributed by atoms with Crippen molar-refractivity contribution >= 4 is 11.8 Å². The minimum absolute atomic E-state index is 0.170. The highest BCUT2D eigenvalue weighted by atomic mass is 32.2. The van der Waals surface area contributed by atoms with Crippen molar-refractivity contribution in [3.05, 3.63) is 0 Å². The molecule has 5 heteroatoms. The van der Waals surface area contributed by atoms with Crippen LogP contribution in [0.5, 0.6) is 0 Å². The molecule has 0 bridgehead atoms. The summed E-state index contributed by atoms with van der Waals surface area (Å²) < 4.78 is 5.11. The molecule has 0 aliphatic carbocycles. The monoisotopic (exact) mass is 195 g/mol. The second kappa shape index (κ2) is 9.28. The second-order valence-corrected chi connectivity index (χ2v) is 3.46. The number of nitrogens with two attached hydrogens (primary N) is 1. The van der Waals surface area contributed by atoms with E-state index in [0.29, 0.717) is 25.5 Å². The van der Waals surface area contributed by atoms with Crippen molar-refractivity contribution in [2.45, 2.75) is 6.10 Å². The van der Waals surface area contributed by atoms with E-state index in [4.69, 9.17) is 20.7 Å². The highest BCUT2D eigenvalue weighted by molar-refractivity contribution is 7.99. The van der Waals surface area contributed by atoms with Gasteiger partial charge in [-0.25, -0.2) is 0 Å². The number of hydrogen-bond acceptors (Lipinski definition) is 5. The minimum Gasteiger partial charge on any atom is -0.394 e. The van der Waals surface area contributed by atoms with Gasteiger partial charge in [0.1, 0.15) is 0 Å². The fourth-order valence-corrected chi connectivity index (χ4v) is 1.36. The molecule has 74 valence electrons. The second-order valence-electron chi connectivity index (χ2n) is 2.31. The third-order valence-electron chi connectivity index (χ3n) is 1.16. The van der Waals surface area contributed by atoms with Gasteiger partial charge in [0.05, 0.1) is 25.9 Å². The molecule has 0 amide bonds. The number of rotatable bonds is 8. The first-order valence-electron chi connectivity index (χ1n) is 3.95. The Morgan fingerprint density at radius 2 is 2.17 bits per heavy atom. The molecule has 1 atom stereocenters. The van der Waals surface area contributed by atoms with Crippen LogP contribution in [0.2, 0.25) is 0 Å². The molecule has 0 aliphatic rings. The molecule has 0 aromatic rings. The lowest BCUT2D eigenvalue weighted by atomic mass is 10.4. The zero-order chi connectivity index (χ0) is 9.23. The van der Waals surface area contributed by atoms with Crippen molar-refractivity contribution in [3.8, 4) is 0 Å². The molecular formula is C7H17NO3S. The third-order valence-corrected chi connectivity index (χ3v) is 2.23. The van der Waals surface area contributed by atoms with Crippen LogP contribution >= 0.6 is 11.8 Å². The van der Waals surface area contributed by atoms with Crippen LogP contribution in [0.4, 0.5) is 0 Å². The highest BCUT2D eigenvalue weighted by Crippen LogP contribution is 2.01. The Bertz CT molecular complexity index is 94.7. The number of hydrogen-bond donors (Lipinski definition) is 3. The number of aliphatic hydroxyl groups is 2. The van der Waals surface area contributed by atoms with E-state index < -0.39 is 6.10 Å². The maximum absolute atomic E-state index is 8.93. The molecule has 0 spiro atoms. The number of aliphatic hydroxyl groups excluding tert-OH is 2. The highest BCUT2D eigenvalue weighted by Gasteiger charge is 2.00. The molecule has 0 fully saturated rings. The van der Waals surface area contributed by atoms with Crippen LogP contribution in [0.15, 0.2) is 0 Å². The Labute approximate surface area is 77.1 Å². The van der Waals surface area contributed by atoms with Gasteiger partial charge >= 0.3 is 0 Å². The van der Waals surface area contributed by atoms with Crippen LogP contribution in [0.3, 0.4) is 0 Å². The summed E-state index contributed by atoms with van der Waals surface area (Å²) in [5.74, 6) is 1.39. The quantitative estimate of drug-likeness (QED) is 0.435. The molecule has 0 saturated carbocycles. The average molecular weight is 195 g/mol. The van der Waals surface area contributed by atoms with E-state index >= 15 is 0 Å². The Balaban J connectivity index is 2.90. The van der Waals surface area contributed by atoms with Gasteiger partial charge in [-0.2, -0.15) is 11.8 Å². The summed E-state index contributed by atoms with van der Waals surface area (Å²) in [6, 6.07) is 0. The standard InChI is InChI=1S/C7H17NO3S/c8-1-2-11-3-4-12-6-7(10)5-9/h7,9-10H,1-6,8H2. The summed E-state index contributed by atoms with van der Waals surface area (Å²) in [6.07, 6.45) is -0.607. The molecular weight excluding hydrogens is 178 g/mol. The van der Waals surface area contributed by atoms with Gasteiger partial charge in [0.25, 0.3) is 0 Å². The van der Waals surface area contributed by atoms with Gasteiger partial charge < -0.3 is 20.7 Å². The molecule has 0 aliphatic heterocycles. The molecule has 0 radical (unpaired) electrons. The molecule has 0 aromatic carbocycles. The average Bonchev–Trinajstić information content (AvgIpc) is 2.10. The molecule has 0 saturated heterocycles. The lowest BCUT2D eigenvalue weighted by Crippen LogP contribution is -2.16. The van der Waals surface area contributed by atoms with Crippen molar-refractivity contribution < 1.29 is 14.9 Å².